The fourth-order valence-electron chi connectivity index (χ4n) is 2.22. The van der Waals surface area contributed by atoms with Gasteiger partial charge in [0.2, 0.25) is 0 Å². The molecule has 0 amide bonds. The lowest BCUT2D eigenvalue weighted by molar-refractivity contribution is -0.243. The maximum Gasteiger partial charge on any atom is 0.179 e. The molecule has 2 atom stereocenters. The van der Waals surface area contributed by atoms with Crippen LogP contribution in [0.15, 0.2) is 0 Å². The number of unbranched alkanes of at least 4 members (excludes halogenated alkanes) is 1. The molecule has 0 saturated carbocycles. The van der Waals surface area contributed by atoms with Gasteiger partial charge in [0.25, 0.3) is 0 Å². The molecule has 0 aromatic rings. The molecule has 0 N–H and O–H groups in total. The highest BCUT2D eigenvalue weighted by atomic mass is 16.8. The van der Waals surface area contributed by atoms with E-state index in [1.54, 1.807) is 0 Å². The van der Waals surface area contributed by atoms with Gasteiger partial charge in [-0.1, -0.05) is 19.8 Å². The van der Waals surface area contributed by atoms with Crippen molar-refractivity contribution in [3.63, 3.8) is 0 Å². The first-order valence-electron chi connectivity index (χ1n) is 5.95. The van der Waals surface area contributed by atoms with Crippen LogP contribution in [0, 0.1) is 0 Å². The Hall–Kier alpha value is -0.120. The van der Waals surface area contributed by atoms with Crippen LogP contribution >= 0.6 is 0 Å². The summed E-state index contributed by atoms with van der Waals surface area (Å²) in [7, 11) is 0. The second-order valence-electron chi connectivity index (χ2n) is 4.29. The van der Waals surface area contributed by atoms with Crippen LogP contribution in [0.3, 0.4) is 0 Å². The highest BCUT2D eigenvalue weighted by molar-refractivity contribution is 4.77. The lowest BCUT2D eigenvalue weighted by Crippen LogP contribution is -2.33. The minimum atomic E-state index is 0.0460. The zero-order valence-electron chi connectivity index (χ0n) is 9.08. The number of hydrogen-bond acceptors (Lipinski definition) is 3. The molecular formula is C11H21NO2. The van der Waals surface area contributed by atoms with Crippen molar-refractivity contribution < 1.29 is 9.57 Å². The maximum atomic E-state index is 5.72. The Morgan fingerprint density at radius 3 is 3.14 bits per heavy atom. The summed E-state index contributed by atoms with van der Waals surface area (Å²) in [6, 6.07) is 0.635. The van der Waals surface area contributed by atoms with Gasteiger partial charge in [-0.2, -0.15) is 5.06 Å². The third kappa shape index (κ3) is 2.47. The lowest BCUT2D eigenvalue weighted by atomic mass is 10.0. The average molecular weight is 199 g/mol. The average Bonchev–Trinajstić information content (AvgIpc) is 2.60. The summed E-state index contributed by atoms with van der Waals surface area (Å²) in [5.41, 5.74) is 0. The molecule has 3 heteroatoms. The van der Waals surface area contributed by atoms with Gasteiger partial charge in [-0.3, -0.25) is 4.84 Å². The number of ether oxygens (including phenoxy) is 1. The Labute approximate surface area is 86.3 Å². The number of hydrogen-bond donors (Lipinski definition) is 0. The molecule has 0 aliphatic carbocycles. The molecule has 2 aliphatic rings. The number of piperidine rings is 1. The molecule has 2 rings (SSSR count). The van der Waals surface area contributed by atoms with Crippen molar-refractivity contribution in [2.75, 3.05) is 13.2 Å². The minimum Gasteiger partial charge on any atom is -0.351 e. The summed E-state index contributed by atoms with van der Waals surface area (Å²) in [4.78, 5) is 5.72. The fourth-order valence-corrected chi connectivity index (χ4v) is 2.22. The fraction of sp³-hybridized carbons (Fsp3) is 1.00. The van der Waals surface area contributed by atoms with Gasteiger partial charge in [-0.15, -0.1) is 0 Å². The van der Waals surface area contributed by atoms with E-state index < -0.39 is 0 Å². The summed E-state index contributed by atoms with van der Waals surface area (Å²) in [5.74, 6) is 0. The summed E-state index contributed by atoms with van der Waals surface area (Å²) in [6.07, 6.45) is 7.37. The van der Waals surface area contributed by atoms with Crippen molar-refractivity contribution in [1.82, 2.24) is 5.06 Å². The van der Waals surface area contributed by atoms with Crippen molar-refractivity contribution >= 4 is 0 Å². The molecule has 0 aromatic carbocycles. The first-order chi connectivity index (χ1) is 6.90. The van der Waals surface area contributed by atoms with Crippen LogP contribution in [0.5, 0.6) is 0 Å². The normalized spacial score (nSPS) is 33.2. The Morgan fingerprint density at radius 1 is 1.43 bits per heavy atom. The van der Waals surface area contributed by atoms with Gasteiger partial charge in [0.15, 0.2) is 6.29 Å². The molecule has 0 aromatic heterocycles. The van der Waals surface area contributed by atoms with E-state index in [2.05, 4.69) is 12.0 Å². The van der Waals surface area contributed by atoms with E-state index in [-0.39, 0.29) is 6.29 Å². The molecule has 2 aliphatic heterocycles. The van der Waals surface area contributed by atoms with Crippen molar-refractivity contribution in [2.24, 2.45) is 0 Å². The Kier molecular flexibility index (Phi) is 3.79. The van der Waals surface area contributed by atoms with E-state index in [0.717, 1.165) is 26.0 Å². The largest absolute Gasteiger partial charge is 0.351 e. The highest BCUT2D eigenvalue weighted by Gasteiger charge is 2.35. The van der Waals surface area contributed by atoms with Gasteiger partial charge in [0, 0.05) is 25.6 Å². The SMILES string of the molecule is CCCCOC1CC2CCCCN2O1. The van der Waals surface area contributed by atoms with E-state index >= 15 is 0 Å². The van der Waals surface area contributed by atoms with Crippen LogP contribution < -0.4 is 0 Å². The van der Waals surface area contributed by atoms with Crippen molar-refractivity contribution in [2.45, 2.75) is 57.8 Å². The van der Waals surface area contributed by atoms with E-state index in [1.807, 2.05) is 0 Å². The zero-order chi connectivity index (χ0) is 9.80. The van der Waals surface area contributed by atoms with Crippen molar-refractivity contribution in [3.05, 3.63) is 0 Å². The molecule has 2 saturated heterocycles. The summed E-state index contributed by atoms with van der Waals surface area (Å²) >= 11 is 0. The predicted octanol–water partition coefficient (Wildman–Crippen LogP) is 2.32. The van der Waals surface area contributed by atoms with Crippen molar-refractivity contribution in [3.8, 4) is 0 Å². The van der Waals surface area contributed by atoms with Crippen LogP contribution in [0.25, 0.3) is 0 Å². The quantitative estimate of drug-likeness (QED) is 0.649. The number of nitrogens with zero attached hydrogens (tertiary/aromatic N) is 1. The van der Waals surface area contributed by atoms with Crippen LogP contribution in [0.1, 0.15) is 45.4 Å². The number of hydroxylamine groups is 2. The molecular weight excluding hydrogens is 178 g/mol. The van der Waals surface area contributed by atoms with Gasteiger partial charge < -0.3 is 4.74 Å². The van der Waals surface area contributed by atoms with Gasteiger partial charge in [-0.25, -0.2) is 0 Å². The molecule has 14 heavy (non-hydrogen) atoms. The molecule has 0 spiro atoms. The maximum absolute atomic E-state index is 5.72. The first kappa shape index (κ1) is 10.4. The molecule has 0 bridgehead atoms. The van der Waals surface area contributed by atoms with E-state index in [9.17, 15) is 0 Å². The zero-order valence-corrected chi connectivity index (χ0v) is 9.08. The minimum absolute atomic E-state index is 0.0460. The smallest absolute Gasteiger partial charge is 0.179 e. The molecule has 2 heterocycles. The van der Waals surface area contributed by atoms with E-state index in [0.29, 0.717) is 6.04 Å². The summed E-state index contributed by atoms with van der Waals surface area (Å²) < 4.78 is 5.67. The molecule has 3 nitrogen and oxygen atoms in total. The third-order valence-corrected chi connectivity index (χ3v) is 3.09. The number of fused-ring (bicyclic) bond motifs is 1. The highest BCUT2D eigenvalue weighted by Crippen LogP contribution is 2.29. The van der Waals surface area contributed by atoms with E-state index in [4.69, 9.17) is 9.57 Å². The third-order valence-electron chi connectivity index (χ3n) is 3.09. The van der Waals surface area contributed by atoms with Crippen LogP contribution in [-0.2, 0) is 9.57 Å². The molecule has 2 unspecified atom stereocenters. The Balaban J connectivity index is 1.70. The van der Waals surface area contributed by atoms with Gasteiger partial charge in [0.1, 0.15) is 0 Å². The van der Waals surface area contributed by atoms with Gasteiger partial charge in [-0.05, 0) is 19.3 Å². The van der Waals surface area contributed by atoms with E-state index in [1.165, 1.54) is 25.7 Å². The second kappa shape index (κ2) is 5.10. The number of rotatable bonds is 4. The predicted molar refractivity (Wildman–Crippen MR) is 54.7 cm³/mol. The van der Waals surface area contributed by atoms with Crippen LogP contribution in [0.4, 0.5) is 0 Å². The van der Waals surface area contributed by atoms with Gasteiger partial charge in [0.05, 0.1) is 0 Å². The Morgan fingerprint density at radius 2 is 2.36 bits per heavy atom. The molecule has 82 valence electrons. The van der Waals surface area contributed by atoms with Crippen LogP contribution in [0.2, 0.25) is 0 Å². The molecule has 2 fully saturated rings. The van der Waals surface area contributed by atoms with Crippen LogP contribution in [-0.4, -0.2) is 30.5 Å². The first-order valence-corrected chi connectivity index (χ1v) is 5.95. The van der Waals surface area contributed by atoms with Crippen molar-refractivity contribution in [1.29, 1.82) is 0 Å². The monoisotopic (exact) mass is 199 g/mol. The standard InChI is InChI=1S/C11H21NO2/c1-2-3-8-13-11-9-10-6-4-5-7-12(10)14-11/h10-11H,2-9H2,1H3. The Bertz CT molecular complexity index is 161. The lowest BCUT2D eigenvalue weighted by Gasteiger charge is -2.26. The summed E-state index contributed by atoms with van der Waals surface area (Å²) in [6.45, 7) is 4.13. The summed E-state index contributed by atoms with van der Waals surface area (Å²) in [5, 5.41) is 2.14. The van der Waals surface area contributed by atoms with Gasteiger partial charge >= 0.3 is 0 Å². The topological polar surface area (TPSA) is 21.7 Å². The second-order valence-corrected chi connectivity index (χ2v) is 4.29. The molecule has 0 radical (unpaired) electrons.